The monoisotopic (exact) mass is 382 g/mol. The molecular formula is C16H24GeN2O2S. The first kappa shape index (κ1) is 17.3. The summed E-state index contributed by atoms with van der Waals surface area (Å²) in [6.07, 6.45) is 1.63. The zero-order chi connectivity index (χ0) is 16.4. The molecule has 0 N–H and O–H groups in total. The summed E-state index contributed by atoms with van der Waals surface area (Å²) in [5, 5.41) is 7.39. The number of aryl methyl sites for hydroxylation is 1. The molecule has 0 radical (unpaired) electrons. The molecule has 1 aromatic heterocycles. The topological polar surface area (TPSA) is 52.0 Å². The van der Waals surface area contributed by atoms with Gasteiger partial charge in [0.1, 0.15) is 0 Å². The van der Waals surface area contributed by atoms with Crippen LogP contribution in [0.1, 0.15) is 26.3 Å². The Morgan fingerprint density at radius 1 is 1.00 bits per heavy atom. The fourth-order valence-electron chi connectivity index (χ4n) is 2.97. The van der Waals surface area contributed by atoms with Crippen LogP contribution in [0.15, 0.2) is 41.4 Å². The van der Waals surface area contributed by atoms with Crippen molar-refractivity contribution in [3.8, 4) is 0 Å². The van der Waals surface area contributed by atoms with E-state index in [9.17, 15) is 8.42 Å². The molecule has 2 rings (SSSR count). The Balaban J connectivity index is 2.59. The van der Waals surface area contributed by atoms with E-state index in [1.54, 1.807) is 18.3 Å². The zero-order valence-corrected chi connectivity index (χ0v) is 16.6. The number of aromatic nitrogens is 2. The average Bonchev–Trinajstić information content (AvgIpc) is 3.01. The minimum atomic E-state index is -3.60. The predicted molar refractivity (Wildman–Crippen MR) is 92.8 cm³/mol. The van der Waals surface area contributed by atoms with E-state index in [2.05, 4.69) is 25.9 Å². The van der Waals surface area contributed by atoms with Crippen LogP contribution in [0, 0.1) is 6.92 Å². The molecule has 0 aliphatic heterocycles. The van der Waals surface area contributed by atoms with Gasteiger partial charge in [-0.2, -0.15) is 0 Å². The van der Waals surface area contributed by atoms with Gasteiger partial charge in [-0.3, -0.25) is 0 Å². The van der Waals surface area contributed by atoms with Crippen LogP contribution in [-0.2, 0) is 10.0 Å². The number of benzene rings is 1. The predicted octanol–water partition coefficient (Wildman–Crippen LogP) is 3.14. The van der Waals surface area contributed by atoms with Crippen molar-refractivity contribution in [1.29, 1.82) is 0 Å². The molecule has 0 fully saturated rings. The van der Waals surface area contributed by atoms with Crippen LogP contribution in [0.5, 0.6) is 0 Å². The van der Waals surface area contributed by atoms with E-state index in [0.29, 0.717) is 4.90 Å². The molecule has 0 bridgehead atoms. The molecule has 0 aliphatic carbocycles. The van der Waals surface area contributed by atoms with Crippen molar-refractivity contribution in [1.82, 2.24) is 9.19 Å². The number of hydrogen-bond acceptors (Lipinski definition) is 3. The average molecular weight is 381 g/mol. The third-order valence-electron chi connectivity index (χ3n) is 4.73. The third kappa shape index (κ3) is 2.88. The maximum atomic E-state index is 13.0. The molecule has 0 amide bonds. The van der Waals surface area contributed by atoms with Crippen LogP contribution in [-0.4, -0.2) is 30.9 Å². The molecular weight excluding hydrogens is 357 g/mol. The van der Waals surface area contributed by atoms with Crippen LogP contribution >= 0.6 is 0 Å². The fourth-order valence-corrected chi connectivity index (χ4v) is 13.2. The molecule has 1 heterocycles. The van der Waals surface area contributed by atoms with Crippen LogP contribution in [0.25, 0.3) is 0 Å². The molecule has 0 unspecified atom stereocenters. The van der Waals surface area contributed by atoms with Gasteiger partial charge in [0.15, 0.2) is 0 Å². The first-order valence-corrected chi connectivity index (χ1v) is 14.7. The van der Waals surface area contributed by atoms with Crippen LogP contribution in [0.4, 0.5) is 0 Å². The Kier molecular flexibility index (Phi) is 5.17. The van der Waals surface area contributed by atoms with Crippen LogP contribution < -0.4 is 4.53 Å². The maximum absolute atomic E-state index is 13.0. The van der Waals surface area contributed by atoms with Gasteiger partial charge in [0.25, 0.3) is 0 Å². The summed E-state index contributed by atoms with van der Waals surface area (Å²) >= 11 is -2.40. The molecule has 22 heavy (non-hydrogen) atoms. The van der Waals surface area contributed by atoms with Crippen molar-refractivity contribution in [3.05, 3.63) is 42.1 Å². The normalized spacial score (nSPS) is 12.5. The van der Waals surface area contributed by atoms with Gasteiger partial charge in [0.2, 0.25) is 0 Å². The van der Waals surface area contributed by atoms with Crippen molar-refractivity contribution in [3.63, 3.8) is 0 Å². The van der Waals surface area contributed by atoms with Crippen molar-refractivity contribution >= 4 is 27.8 Å². The van der Waals surface area contributed by atoms with Gasteiger partial charge in [-0.15, -0.1) is 0 Å². The number of hydrogen-bond donors (Lipinski definition) is 0. The van der Waals surface area contributed by atoms with E-state index in [-0.39, 0.29) is 0 Å². The number of rotatable bonds is 6. The van der Waals surface area contributed by atoms with E-state index < -0.39 is 23.3 Å². The Hall–Kier alpha value is -1.08. The first-order chi connectivity index (χ1) is 10.4. The van der Waals surface area contributed by atoms with E-state index in [0.717, 1.165) is 25.8 Å². The van der Waals surface area contributed by atoms with Gasteiger partial charge in [-0.1, -0.05) is 0 Å². The molecule has 4 nitrogen and oxygen atoms in total. The molecule has 120 valence electrons. The summed E-state index contributed by atoms with van der Waals surface area (Å²) in [5.41, 5.74) is 1.04. The molecule has 6 heteroatoms. The van der Waals surface area contributed by atoms with Crippen molar-refractivity contribution < 1.29 is 8.42 Å². The van der Waals surface area contributed by atoms with E-state index in [4.69, 9.17) is 0 Å². The van der Waals surface area contributed by atoms with E-state index in [1.165, 1.54) is 4.09 Å². The van der Waals surface area contributed by atoms with Crippen molar-refractivity contribution in [2.24, 2.45) is 0 Å². The fraction of sp³-hybridized carbons (Fsp3) is 0.438. The second-order valence-corrected chi connectivity index (χ2v) is 18.4. The summed E-state index contributed by atoms with van der Waals surface area (Å²) in [6.45, 7) is 8.50. The SMILES string of the molecule is C[CH2][Ge]([CH2]C)([CH2]C)[c]1ccnn1S(=O)(=O)c1ccc(C)cc1. The summed E-state index contributed by atoms with van der Waals surface area (Å²) in [4.78, 5) is 0.308. The number of nitrogens with zero attached hydrogens (tertiary/aromatic N) is 2. The summed E-state index contributed by atoms with van der Waals surface area (Å²) in [5.74, 6) is 0. The summed E-state index contributed by atoms with van der Waals surface area (Å²) in [6, 6.07) is 8.89. The first-order valence-electron chi connectivity index (χ1n) is 7.78. The second-order valence-electron chi connectivity index (χ2n) is 5.72. The quantitative estimate of drug-likeness (QED) is 0.723. The van der Waals surface area contributed by atoms with Gasteiger partial charge in [0, 0.05) is 0 Å². The van der Waals surface area contributed by atoms with Crippen molar-refractivity contribution in [2.75, 3.05) is 0 Å². The molecule has 1 aromatic carbocycles. The Morgan fingerprint density at radius 2 is 1.55 bits per heavy atom. The Morgan fingerprint density at radius 3 is 2.05 bits per heavy atom. The molecule has 0 saturated heterocycles. The van der Waals surface area contributed by atoms with Gasteiger partial charge in [0.05, 0.1) is 0 Å². The summed E-state index contributed by atoms with van der Waals surface area (Å²) in [7, 11) is -3.60. The van der Waals surface area contributed by atoms with Gasteiger partial charge in [-0.25, -0.2) is 0 Å². The van der Waals surface area contributed by atoms with Gasteiger partial charge >= 0.3 is 136 Å². The molecule has 0 atom stereocenters. The molecule has 0 saturated carbocycles. The molecule has 0 spiro atoms. The minimum absolute atomic E-state index is 0.308. The van der Waals surface area contributed by atoms with Gasteiger partial charge in [-0.05, 0) is 0 Å². The Labute approximate surface area is 136 Å². The van der Waals surface area contributed by atoms with E-state index >= 15 is 0 Å². The van der Waals surface area contributed by atoms with Gasteiger partial charge < -0.3 is 0 Å². The van der Waals surface area contributed by atoms with Crippen molar-refractivity contribution in [2.45, 2.75) is 48.4 Å². The van der Waals surface area contributed by atoms with Crippen LogP contribution in [0.2, 0.25) is 15.8 Å². The second kappa shape index (κ2) is 6.58. The molecule has 2 aromatic rings. The summed E-state index contributed by atoms with van der Waals surface area (Å²) < 4.78 is 28.2. The third-order valence-corrected chi connectivity index (χ3v) is 18.3. The van der Waals surface area contributed by atoms with E-state index in [1.807, 2.05) is 25.1 Å². The molecule has 0 aliphatic rings. The zero-order valence-electron chi connectivity index (χ0n) is 13.7. The van der Waals surface area contributed by atoms with Crippen LogP contribution in [0.3, 0.4) is 0 Å². The Bertz CT molecular complexity index is 723. The standard InChI is InChI=1S/C16H24GeN2O2S/c1-5-17(6-2,7-3)16-12-13-18-19(16)22(20,21)15-10-8-14(4)9-11-15/h8-13H,5-7H2,1-4H3.